The van der Waals surface area contributed by atoms with Gasteiger partial charge in [-0.2, -0.15) is 0 Å². The van der Waals surface area contributed by atoms with E-state index in [9.17, 15) is 19.0 Å². The fourth-order valence-corrected chi connectivity index (χ4v) is 8.48. The second kappa shape index (κ2) is 56.9. The van der Waals surface area contributed by atoms with Crippen LogP contribution in [0.5, 0.6) is 0 Å². The van der Waals surface area contributed by atoms with Gasteiger partial charge >= 0.3 is 19.8 Å². The molecule has 0 aromatic heterocycles. The number of unbranched alkanes of at least 4 members (excludes halogenated alkanes) is 18. The average Bonchev–Trinajstić information content (AvgIpc) is 3.39. The van der Waals surface area contributed by atoms with E-state index in [1.807, 2.05) is 21.1 Å². The van der Waals surface area contributed by atoms with Crippen molar-refractivity contribution >= 4 is 19.8 Å². The summed E-state index contributed by atoms with van der Waals surface area (Å²) in [6.45, 7) is 4.26. The zero-order chi connectivity index (χ0) is 56.3. The molecule has 0 fully saturated rings. The molecule has 438 valence electrons. The van der Waals surface area contributed by atoms with Crippen LogP contribution in [0, 0.1) is 0 Å². The number of likely N-dealkylation sites (N-methyl/N-ethyl adjacent to an activating group) is 1. The molecule has 77 heavy (non-hydrogen) atoms. The molecule has 2 unspecified atom stereocenters. The van der Waals surface area contributed by atoms with E-state index in [1.165, 1.54) is 64.2 Å². The van der Waals surface area contributed by atoms with Gasteiger partial charge in [-0.1, -0.05) is 231 Å². The highest BCUT2D eigenvalue weighted by Crippen LogP contribution is 2.43. The van der Waals surface area contributed by atoms with E-state index in [0.29, 0.717) is 23.9 Å². The number of phosphoric acid groups is 1. The lowest BCUT2D eigenvalue weighted by Gasteiger charge is -2.24. The summed E-state index contributed by atoms with van der Waals surface area (Å²) in [6.07, 6.45) is 82.4. The van der Waals surface area contributed by atoms with E-state index < -0.39 is 26.5 Å². The van der Waals surface area contributed by atoms with Crippen LogP contribution in [0.15, 0.2) is 134 Å². The molecule has 0 saturated carbocycles. The molecule has 0 aromatic carbocycles. The molecule has 0 saturated heterocycles. The van der Waals surface area contributed by atoms with Crippen LogP contribution in [0.3, 0.4) is 0 Å². The highest BCUT2D eigenvalue weighted by atomic mass is 31.2. The summed E-state index contributed by atoms with van der Waals surface area (Å²) in [6, 6.07) is 0. The summed E-state index contributed by atoms with van der Waals surface area (Å²) in [5, 5.41) is 0. The zero-order valence-electron chi connectivity index (χ0n) is 49.6. The van der Waals surface area contributed by atoms with Crippen molar-refractivity contribution in [3.63, 3.8) is 0 Å². The normalized spacial score (nSPS) is 14.2. The molecule has 0 radical (unpaired) electrons. The first-order valence-electron chi connectivity index (χ1n) is 30.4. The number of quaternary nitrogens is 1. The molecule has 0 spiro atoms. The molecule has 0 bridgehead atoms. The maximum atomic E-state index is 12.8. The number of phosphoric ester groups is 1. The van der Waals surface area contributed by atoms with E-state index in [-0.39, 0.29) is 32.0 Å². The number of carbonyl (C=O) groups excluding carboxylic acids is 2. The molecule has 0 aliphatic heterocycles. The largest absolute Gasteiger partial charge is 0.472 e. The van der Waals surface area contributed by atoms with Crippen LogP contribution in [-0.4, -0.2) is 74.9 Å². The lowest BCUT2D eigenvalue weighted by Crippen LogP contribution is -2.37. The van der Waals surface area contributed by atoms with Crippen molar-refractivity contribution in [2.45, 2.75) is 232 Å². The standard InChI is InChI=1S/C67H112NO8P/c1-6-8-10-12-14-16-18-20-22-24-25-26-27-28-29-30-31-32-33-34-35-36-37-38-39-40-41-42-43-44-46-48-50-52-54-56-58-60-67(70)76-65(64-75-77(71,72)74-62-61-68(3,4)5)63-73-66(69)59-57-55-53-51-49-47-45-23-21-19-17-15-13-11-9-7-2/h8,10,14,16-17,19-20,22-23,25-26,28-29,31-32,34-35,37-38,40-41,45,65H,6-7,9,11-13,15,18,21,24,27,30,33,36,39,42-44,46-64H2,1-5H3/p+1/b10-8-,16-14-,19-17-,22-20-,26-25-,29-28-,32-31-,35-34-,38-37-,41-40-,45-23-. The van der Waals surface area contributed by atoms with Crippen LogP contribution in [0.1, 0.15) is 226 Å². The number of carbonyl (C=O) groups is 2. The molecule has 9 nitrogen and oxygen atoms in total. The number of allylic oxidation sites excluding steroid dienone is 22. The Kier molecular flexibility index (Phi) is 54.0. The zero-order valence-corrected chi connectivity index (χ0v) is 50.5. The van der Waals surface area contributed by atoms with E-state index >= 15 is 0 Å². The smallest absolute Gasteiger partial charge is 0.462 e. The van der Waals surface area contributed by atoms with Gasteiger partial charge in [-0.15, -0.1) is 0 Å². The van der Waals surface area contributed by atoms with Gasteiger partial charge in [0.25, 0.3) is 0 Å². The highest BCUT2D eigenvalue weighted by molar-refractivity contribution is 7.47. The minimum Gasteiger partial charge on any atom is -0.462 e. The summed E-state index contributed by atoms with van der Waals surface area (Å²) in [4.78, 5) is 35.7. The molecular formula is C67H113NO8P+. The van der Waals surface area contributed by atoms with Crippen LogP contribution < -0.4 is 0 Å². The van der Waals surface area contributed by atoms with Gasteiger partial charge in [0, 0.05) is 12.8 Å². The summed E-state index contributed by atoms with van der Waals surface area (Å²) in [7, 11) is 1.45. The summed E-state index contributed by atoms with van der Waals surface area (Å²) in [5.74, 6) is -0.828. The van der Waals surface area contributed by atoms with Crippen molar-refractivity contribution in [1.82, 2.24) is 0 Å². The van der Waals surface area contributed by atoms with Gasteiger partial charge < -0.3 is 18.9 Å². The van der Waals surface area contributed by atoms with Crippen LogP contribution >= 0.6 is 7.82 Å². The van der Waals surface area contributed by atoms with Gasteiger partial charge in [-0.05, 0) is 116 Å². The van der Waals surface area contributed by atoms with Gasteiger partial charge in [0.05, 0.1) is 27.7 Å². The molecule has 0 rings (SSSR count). The van der Waals surface area contributed by atoms with Crippen molar-refractivity contribution in [1.29, 1.82) is 0 Å². The molecular weight excluding hydrogens is 978 g/mol. The Morgan fingerprint density at radius 3 is 1.10 bits per heavy atom. The van der Waals surface area contributed by atoms with Crippen molar-refractivity contribution < 1.29 is 42.1 Å². The van der Waals surface area contributed by atoms with E-state index in [1.54, 1.807) is 0 Å². The van der Waals surface area contributed by atoms with Crippen LogP contribution in [-0.2, 0) is 32.7 Å². The van der Waals surface area contributed by atoms with Gasteiger partial charge in [0.1, 0.15) is 19.8 Å². The number of ether oxygens (including phenoxy) is 2. The SMILES string of the molecule is CC/C=C\C/C=C\C/C=C\C/C=C\C/C=C\C/C=C\C/C=C\C/C=C\C/C=C\CCCCCCCCCCCC(=O)OC(COC(=O)CCCCCCC/C=C\C/C=C\CCCCCC)COP(=O)(O)OCC[N+](C)(C)C. The number of hydrogen-bond donors (Lipinski definition) is 1. The van der Waals surface area contributed by atoms with Crippen LogP contribution in [0.2, 0.25) is 0 Å². The van der Waals surface area contributed by atoms with Gasteiger partial charge in [-0.3, -0.25) is 18.6 Å². The second-order valence-electron chi connectivity index (χ2n) is 21.0. The molecule has 0 aromatic rings. The Balaban J connectivity index is 4.15. The topological polar surface area (TPSA) is 108 Å². The van der Waals surface area contributed by atoms with Crippen LogP contribution in [0.25, 0.3) is 0 Å². The lowest BCUT2D eigenvalue weighted by atomic mass is 10.1. The Bertz CT molecular complexity index is 1760. The van der Waals surface area contributed by atoms with Gasteiger partial charge in [-0.25, -0.2) is 4.57 Å². The number of esters is 2. The first-order valence-corrected chi connectivity index (χ1v) is 31.9. The number of nitrogens with zero attached hydrogens (tertiary/aromatic N) is 1. The Morgan fingerprint density at radius 1 is 0.416 bits per heavy atom. The fourth-order valence-electron chi connectivity index (χ4n) is 7.74. The maximum Gasteiger partial charge on any atom is 0.472 e. The first kappa shape index (κ1) is 73.2. The molecule has 0 aliphatic rings. The van der Waals surface area contributed by atoms with Crippen molar-refractivity contribution in [3.8, 4) is 0 Å². The first-order chi connectivity index (χ1) is 37.5. The van der Waals surface area contributed by atoms with Crippen molar-refractivity contribution in [2.75, 3.05) is 47.5 Å². The number of hydrogen-bond acceptors (Lipinski definition) is 7. The lowest BCUT2D eigenvalue weighted by molar-refractivity contribution is -0.870. The number of rotatable bonds is 54. The molecule has 0 amide bonds. The molecule has 0 aliphatic carbocycles. The predicted molar refractivity (Wildman–Crippen MR) is 330 cm³/mol. The Morgan fingerprint density at radius 2 is 0.740 bits per heavy atom. The maximum absolute atomic E-state index is 12.8. The summed E-state index contributed by atoms with van der Waals surface area (Å²) in [5.41, 5.74) is 0. The minimum atomic E-state index is -4.40. The van der Waals surface area contributed by atoms with E-state index in [0.717, 1.165) is 122 Å². The second-order valence-corrected chi connectivity index (χ2v) is 22.5. The molecule has 10 heteroatoms. The third-order valence-electron chi connectivity index (χ3n) is 12.4. The third kappa shape index (κ3) is 61.2. The van der Waals surface area contributed by atoms with E-state index in [4.69, 9.17) is 18.5 Å². The highest BCUT2D eigenvalue weighted by Gasteiger charge is 2.27. The van der Waals surface area contributed by atoms with Crippen molar-refractivity contribution in [3.05, 3.63) is 134 Å². The quantitative estimate of drug-likeness (QED) is 0.0211. The molecule has 2 atom stereocenters. The summed E-state index contributed by atoms with van der Waals surface area (Å²) >= 11 is 0. The fraction of sp³-hybridized carbons (Fsp3) is 0.642. The van der Waals surface area contributed by atoms with Crippen LogP contribution in [0.4, 0.5) is 0 Å². The predicted octanol–water partition coefficient (Wildman–Crippen LogP) is 19.3. The van der Waals surface area contributed by atoms with E-state index in [2.05, 4.69) is 148 Å². The monoisotopic (exact) mass is 1090 g/mol. The molecule has 1 N–H and O–H groups in total. The minimum absolute atomic E-state index is 0.0216. The van der Waals surface area contributed by atoms with Gasteiger partial charge in [0.2, 0.25) is 0 Å². The summed E-state index contributed by atoms with van der Waals surface area (Å²) < 4.78 is 34.5. The van der Waals surface area contributed by atoms with Crippen molar-refractivity contribution in [2.24, 2.45) is 0 Å². The molecule has 0 heterocycles. The van der Waals surface area contributed by atoms with Gasteiger partial charge in [0.15, 0.2) is 6.10 Å². The third-order valence-corrected chi connectivity index (χ3v) is 13.4. The Labute approximate surface area is 472 Å². The Hall–Kier alpha value is -3.85. The average molecular weight is 1090 g/mol.